The Labute approximate surface area is 131 Å². The van der Waals surface area contributed by atoms with Crippen LogP contribution in [0.25, 0.3) is 0 Å². The smallest absolute Gasteiger partial charge is 0.398 e. The zero-order chi connectivity index (χ0) is 20.5. The molecule has 0 amide bonds. The van der Waals surface area contributed by atoms with Crippen LogP contribution >= 0.6 is 0 Å². The minimum Gasteiger partial charge on any atom is -0.398 e. The summed E-state index contributed by atoms with van der Waals surface area (Å²) in [5, 5.41) is -6.88. The van der Waals surface area contributed by atoms with Gasteiger partial charge in [0.2, 0.25) is 0 Å². The molecule has 0 rings (SSSR count). The topological polar surface area (TPSA) is 52.6 Å². The molecule has 0 heterocycles. The fraction of sp³-hybridized carbons (Fsp3) is 0.556. The zero-order valence-corrected chi connectivity index (χ0v) is 12.0. The number of hydrogen-bond acceptors (Lipinski definition) is 4. The number of alkyl halides is 7. The third-order valence-electron chi connectivity index (χ3n) is 2.14. The number of rotatable bonds is 9. The molecule has 0 radical (unpaired) electrons. The summed E-state index contributed by atoms with van der Waals surface area (Å²) in [5.74, 6) is -5.57. The number of halogens is 11. The van der Waals surface area contributed by atoms with Crippen molar-refractivity contribution >= 4 is 10.2 Å². The Hall–Kier alpha value is -1.58. The van der Waals surface area contributed by atoms with Gasteiger partial charge in [-0.2, -0.15) is 47.9 Å². The van der Waals surface area contributed by atoms with E-state index in [0.29, 0.717) is 0 Å². The van der Waals surface area contributed by atoms with E-state index in [1.807, 2.05) is 0 Å². The van der Waals surface area contributed by atoms with Gasteiger partial charge in [-0.15, -0.1) is 6.58 Å². The Balaban J connectivity index is 6.05. The van der Waals surface area contributed by atoms with E-state index in [-0.39, 0.29) is 6.08 Å². The summed E-state index contributed by atoms with van der Waals surface area (Å²) in [6.07, 6.45) is -18.9. The molecule has 16 heteroatoms. The maximum atomic E-state index is 13.9. The predicted octanol–water partition coefficient (Wildman–Crippen LogP) is 4.37. The van der Waals surface area contributed by atoms with Gasteiger partial charge in [-0.3, -0.25) is 4.74 Å². The summed E-state index contributed by atoms with van der Waals surface area (Å²) >= 11 is 0. The van der Waals surface area contributed by atoms with E-state index in [9.17, 15) is 56.2 Å². The molecule has 0 aromatic rings. The van der Waals surface area contributed by atoms with Gasteiger partial charge in [-0.05, 0) is 0 Å². The van der Waals surface area contributed by atoms with Crippen molar-refractivity contribution in [3.63, 3.8) is 0 Å². The molecule has 0 fully saturated rings. The SMILES string of the molecule is C=CCC(F)(OC(F)(F)C(F)(F)S(=O)(=O)F)C(F)(F)OC(F)=C(F)F. The number of hydrogen-bond donors (Lipinski definition) is 0. The van der Waals surface area contributed by atoms with E-state index in [2.05, 4.69) is 16.1 Å². The molecule has 0 spiro atoms. The van der Waals surface area contributed by atoms with Gasteiger partial charge in [0, 0.05) is 6.42 Å². The van der Waals surface area contributed by atoms with Crippen molar-refractivity contribution in [1.82, 2.24) is 0 Å². The maximum Gasteiger partial charge on any atom is 0.464 e. The molecular formula is C9H5F11O4S. The van der Waals surface area contributed by atoms with Crippen LogP contribution in [0.4, 0.5) is 47.8 Å². The summed E-state index contributed by atoms with van der Waals surface area (Å²) in [6.45, 7) is 2.53. The minimum atomic E-state index is -7.52. The molecule has 0 aliphatic heterocycles. The van der Waals surface area contributed by atoms with Gasteiger partial charge in [0.25, 0.3) is 0 Å². The van der Waals surface area contributed by atoms with Crippen LogP contribution in [0, 0.1) is 0 Å². The van der Waals surface area contributed by atoms with Crippen molar-refractivity contribution in [2.75, 3.05) is 0 Å². The van der Waals surface area contributed by atoms with Crippen LogP contribution in [-0.4, -0.2) is 31.7 Å². The normalized spacial score (nSPS) is 16.1. The highest BCUT2D eigenvalue weighted by Gasteiger charge is 2.74. The van der Waals surface area contributed by atoms with Crippen LogP contribution in [-0.2, 0) is 19.7 Å². The maximum absolute atomic E-state index is 13.9. The van der Waals surface area contributed by atoms with Gasteiger partial charge in [0.05, 0.1) is 0 Å². The summed E-state index contributed by atoms with van der Waals surface area (Å²) in [5.41, 5.74) is 0. The molecule has 1 unspecified atom stereocenters. The van der Waals surface area contributed by atoms with E-state index in [1.54, 1.807) is 0 Å². The Kier molecular flexibility index (Phi) is 6.53. The lowest BCUT2D eigenvalue weighted by molar-refractivity contribution is -0.455. The second kappa shape index (κ2) is 6.97. The van der Waals surface area contributed by atoms with Crippen LogP contribution in [0.5, 0.6) is 0 Å². The molecule has 0 saturated carbocycles. The molecule has 0 aromatic heterocycles. The largest absolute Gasteiger partial charge is 0.464 e. The first-order valence-electron chi connectivity index (χ1n) is 5.32. The third kappa shape index (κ3) is 4.74. The van der Waals surface area contributed by atoms with Crippen molar-refractivity contribution in [2.45, 2.75) is 29.7 Å². The van der Waals surface area contributed by atoms with E-state index < -0.39 is 52.1 Å². The summed E-state index contributed by atoms with van der Waals surface area (Å²) in [7, 11) is -7.52. The average Bonchev–Trinajstić information content (AvgIpc) is 2.35. The molecule has 0 aliphatic rings. The van der Waals surface area contributed by atoms with Gasteiger partial charge in [0.1, 0.15) is 0 Å². The fourth-order valence-corrected chi connectivity index (χ4v) is 1.36. The first-order valence-corrected chi connectivity index (χ1v) is 6.70. The molecule has 4 nitrogen and oxygen atoms in total. The highest BCUT2D eigenvalue weighted by Crippen LogP contribution is 2.49. The second-order valence-corrected chi connectivity index (χ2v) is 5.34. The molecule has 0 N–H and O–H groups in total. The van der Waals surface area contributed by atoms with Crippen molar-refractivity contribution in [1.29, 1.82) is 0 Å². The predicted molar refractivity (Wildman–Crippen MR) is 56.0 cm³/mol. The zero-order valence-electron chi connectivity index (χ0n) is 11.2. The molecule has 25 heavy (non-hydrogen) atoms. The first kappa shape index (κ1) is 23.4. The molecule has 1 atom stereocenters. The van der Waals surface area contributed by atoms with E-state index >= 15 is 0 Å². The lowest BCUT2D eigenvalue weighted by Crippen LogP contribution is -2.57. The Morgan fingerprint density at radius 3 is 1.72 bits per heavy atom. The molecular weight excluding hydrogens is 413 g/mol. The lowest BCUT2D eigenvalue weighted by atomic mass is 10.2. The number of ether oxygens (including phenoxy) is 2. The van der Waals surface area contributed by atoms with Crippen molar-refractivity contribution in [3.8, 4) is 0 Å². The van der Waals surface area contributed by atoms with Crippen LogP contribution in [0.3, 0.4) is 0 Å². The Morgan fingerprint density at radius 2 is 1.40 bits per heavy atom. The molecule has 148 valence electrons. The standard InChI is InChI=1S/C9H5F11O4S/c1-2-3-6(13,7(14,15)23-5(12)4(10)11)24-8(16,17)9(18,19)25(20,21)22/h2H,1,3H2. The van der Waals surface area contributed by atoms with E-state index in [1.165, 1.54) is 0 Å². The van der Waals surface area contributed by atoms with Gasteiger partial charge in [-0.1, -0.05) is 9.96 Å². The highest BCUT2D eigenvalue weighted by atomic mass is 32.3. The molecule has 0 bridgehead atoms. The fourth-order valence-electron chi connectivity index (χ4n) is 1.04. The second-order valence-electron chi connectivity index (χ2n) is 3.95. The lowest BCUT2D eigenvalue weighted by Gasteiger charge is -2.35. The quantitative estimate of drug-likeness (QED) is 0.242. The molecule has 0 saturated heterocycles. The Bertz CT molecular complexity index is 640. The van der Waals surface area contributed by atoms with Gasteiger partial charge in [0.15, 0.2) is 0 Å². The summed E-state index contributed by atoms with van der Waals surface area (Å²) < 4.78 is 165. The third-order valence-corrected chi connectivity index (χ3v) is 2.99. The Morgan fingerprint density at radius 1 is 0.960 bits per heavy atom. The van der Waals surface area contributed by atoms with Gasteiger partial charge < -0.3 is 4.74 Å². The average molecular weight is 418 g/mol. The van der Waals surface area contributed by atoms with E-state index in [0.717, 1.165) is 0 Å². The van der Waals surface area contributed by atoms with Gasteiger partial charge >= 0.3 is 45.6 Å². The first-order chi connectivity index (χ1) is 10.8. The van der Waals surface area contributed by atoms with Crippen molar-refractivity contribution in [3.05, 3.63) is 24.7 Å². The minimum absolute atomic E-state index is 0.0527. The molecule has 0 aliphatic carbocycles. The van der Waals surface area contributed by atoms with Gasteiger partial charge in [-0.25, -0.2) is 4.39 Å². The monoisotopic (exact) mass is 418 g/mol. The molecule has 0 aromatic carbocycles. The van der Waals surface area contributed by atoms with Crippen molar-refractivity contribution in [2.24, 2.45) is 0 Å². The van der Waals surface area contributed by atoms with E-state index in [4.69, 9.17) is 0 Å². The summed E-state index contributed by atoms with van der Waals surface area (Å²) in [6, 6.07) is -3.49. The summed E-state index contributed by atoms with van der Waals surface area (Å²) in [4.78, 5) is 0. The van der Waals surface area contributed by atoms with Crippen molar-refractivity contribution < 1.29 is 65.7 Å². The highest BCUT2D eigenvalue weighted by molar-refractivity contribution is 7.87. The van der Waals surface area contributed by atoms with Crippen LogP contribution < -0.4 is 0 Å². The van der Waals surface area contributed by atoms with Crippen LogP contribution in [0.15, 0.2) is 24.7 Å². The van der Waals surface area contributed by atoms with Crippen LogP contribution in [0.2, 0.25) is 0 Å². The van der Waals surface area contributed by atoms with Crippen LogP contribution in [0.1, 0.15) is 6.42 Å².